The number of rotatable bonds is 2. The lowest BCUT2D eigenvalue weighted by Crippen LogP contribution is -2.17. The average molecular weight is 282 g/mol. The Morgan fingerprint density at radius 1 is 1.10 bits per heavy atom. The Morgan fingerprint density at radius 3 is 2.35 bits per heavy atom. The molecule has 1 aromatic carbocycles. The summed E-state index contributed by atoms with van der Waals surface area (Å²) in [5.74, 6) is -0.0774. The van der Waals surface area contributed by atoms with Gasteiger partial charge in [-0.1, -0.05) is 18.2 Å². The summed E-state index contributed by atoms with van der Waals surface area (Å²) in [5.41, 5.74) is -0.536. The molecule has 0 spiro atoms. The number of aromatic nitrogens is 1. The molecule has 0 saturated carbocycles. The zero-order chi connectivity index (χ0) is 14.6. The van der Waals surface area contributed by atoms with Crippen LogP contribution in [0, 0.1) is 0 Å². The SMILES string of the molecule is O=C(Nc1ccccc1)Oc1ccc(C(F)(F)F)nc1. The number of carbonyl (C=O) groups is 1. The van der Waals surface area contributed by atoms with Gasteiger partial charge in [0.15, 0.2) is 5.75 Å². The van der Waals surface area contributed by atoms with Crippen LogP contribution < -0.4 is 10.1 Å². The van der Waals surface area contributed by atoms with Crippen LogP contribution in [0.1, 0.15) is 5.69 Å². The van der Waals surface area contributed by atoms with Crippen LogP contribution in [0.25, 0.3) is 0 Å². The fraction of sp³-hybridized carbons (Fsp3) is 0.0769. The third-order valence-corrected chi connectivity index (χ3v) is 2.26. The molecule has 0 radical (unpaired) electrons. The van der Waals surface area contributed by atoms with Gasteiger partial charge in [-0.3, -0.25) is 5.32 Å². The van der Waals surface area contributed by atoms with Crippen molar-refractivity contribution in [2.45, 2.75) is 6.18 Å². The lowest BCUT2D eigenvalue weighted by atomic mass is 10.3. The van der Waals surface area contributed by atoms with Gasteiger partial charge in [0.2, 0.25) is 0 Å². The van der Waals surface area contributed by atoms with Crippen molar-refractivity contribution in [1.82, 2.24) is 4.98 Å². The zero-order valence-electron chi connectivity index (χ0n) is 10.0. The Hall–Kier alpha value is -2.57. The number of nitrogens with zero attached hydrogens (tertiary/aromatic N) is 1. The van der Waals surface area contributed by atoms with Crippen molar-refractivity contribution in [3.05, 3.63) is 54.4 Å². The second-order valence-corrected chi connectivity index (χ2v) is 3.76. The van der Waals surface area contributed by atoms with Crippen molar-refractivity contribution in [3.8, 4) is 5.75 Å². The van der Waals surface area contributed by atoms with Crippen LogP contribution in [-0.2, 0) is 6.18 Å². The van der Waals surface area contributed by atoms with E-state index >= 15 is 0 Å². The van der Waals surface area contributed by atoms with Crippen LogP contribution in [0.2, 0.25) is 0 Å². The van der Waals surface area contributed by atoms with E-state index in [1.165, 1.54) is 0 Å². The average Bonchev–Trinajstić information content (AvgIpc) is 2.39. The van der Waals surface area contributed by atoms with Crippen LogP contribution in [0.4, 0.5) is 23.7 Å². The molecule has 0 bridgehead atoms. The van der Waals surface area contributed by atoms with Gasteiger partial charge in [0.1, 0.15) is 5.69 Å². The van der Waals surface area contributed by atoms with Gasteiger partial charge < -0.3 is 4.74 Å². The number of pyridine rings is 1. The van der Waals surface area contributed by atoms with Crippen molar-refractivity contribution in [2.75, 3.05) is 5.32 Å². The highest BCUT2D eigenvalue weighted by molar-refractivity contribution is 5.86. The number of para-hydroxylation sites is 1. The van der Waals surface area contributed by atoms with Crippen LogP contribution >= 0.6 is 0 Å². The molecule has 0 aliphatic rings. The van der Waals surface area contributed by atoms with E-state index in [0.29, 0.717) is 5.69 Å². The van der Waals surface area contributed by atoms with Gasteiger partial charge in [-0.05, 0) is 24.3 Å². The molecule has 2 rings (SSSR count). The van der Waals surface area contributed by atoms with E-state index in [9.17, 15) is 18.0 Å². The van der Waals surface area contributed by atoms with Crippen LogP contribution in [0.3, 0.4) is 0 Å². The third kappa shape index (κ3) is 3.71. The van der Waals surface area contributed by atoms with Crippen molar-refractivity contribution in [3.63, 3.8) is 0 Å². The molecule has 0 fully saturated rings. The Morgan fingerprint density at radius 2 is 1.80 bits per heavy atom. The lowest BCUT2D eigenvalue weighted by molar-refractivity contribution is -0.141. The highest BCUT2D eigenvalue weighted by atomic mass is 19.4. The summed E-state index contributed by atoms with van der Waals surface area (Å²) in [4.78, 5) is 14.7. The van der Waals surface area contributed by atoms with Gasteiger partial charge in [-0.2, -0.15) is 13.2 Å². The molecule has 0 aliphatic carbocycles. The van der Waals surface area contributed by atoms with Gasteiger partial charge >= 0.3 is 12.3 Å². The Balaban J connectivity index is 1.98. The first kappa shape index (κ1) is 13.9. The molecule has 20 heavy (non-hydrogen) atoms. The van der Waals surface area contributed by atoms with E-state index in [1.807, 2.05) is 0 Å². The topological polar surface area (TPSA) is 51.2 Å². The molecule has 2 aromatic rings. The fourth-order valence-corrected chi connectivity index (χ4v) is 1.38. The Labute approximate surface area is 112 Å². The predicted octanol–water partition coefficient (Wildman–Crippen LogP) is 3.71. The molecule has 1 aromatic heterocycles. The second-order valence-electron chi connectivity index (χ2n) is 3.76. The number of hydrogen-bond donors (Lipinski definition) is 1. The van der Waals surface area contributed by atoms with Crippen LogP contribution in [0.5, 0.6) is 5.75 Å². The first-order chi connectivity index (χ1) is 9.45. The molecule has 0 aliphatic heterocycles. The van der Waals surface area contributed by atoms with E-state index in [4.69, 9.17) is 4.74 Å². The molecule has 1 N–H and O–H groups in total. The molecule has 0 saturated heterocycles. The smallest absolute Gasteiger partial charge is 0.408 e. The maximum Gasteiger partial charge on any atom is 0.433 e. The summed E-state index contributed by atoms with van der Waals surface area (Å²) in [6, 6.07) is 10.3. The number of ether oxygens (including phenoxy) is 1. The fourth-order valence-electron chi connectivity index (χ4n) is 1.38. The standard InChI is InChI=1S/C13H9F3N2O2/c14-13(15,16)11-7-6-10(8-17-11)20-12(19)18-9-4-2-1-3-5-9/h1-8H,(H,18,19). The van der Waals surface area contributed by atoms with Crippen molar-refractivity contribution >= 4 is 11.8 Å². The second kappa shape index (κ2) is 5.60. The van der Waals surface area contributed by atoms with Crippen LogP contribution in [0.15, 0.2) is 48.7 Å². The van der Waals surface area contributed by atoms with Crippen molar-refractivity contribution in [1.29, 1.82) is 0 Å². The highest BCUT2D eigenvalue weighted by Gasteiger charge is 2.32. The quantitative estimate of drug-likeness (QED) is 0.913. The number of nitrogens with one attached hydrogen (secondary N) is 1. The number of amides is 1. The van der Waals surface area contributed by atoms with Crippen molar-refractivity contribution < 1.29 is 22.7 Å². The van der Waals surface area contributed by atoms with Gasteiger partial charge in [0.25, 0.3) is 0 Å². The number of anilines is 1. The summed E-state index contributed by atoms with van der Waals surface area (Å²) in [6.45, 7) is 0. The molecule has 7 heteroatoms. The third-order valence-electron chi connectivity index (χ3n) is 2.26. The Kier molecular flexibility index (Phi) is 3.88. The van der Waals surface area contributed by atoms with E-state index in [-0.39, 0.29) is 5.75 Å². The van der Waals surface area contributed by atoms with Crippen molar-refractivity contribution in [2.24, 2.45) is 0 Å². The van der Waals surface area contributed by atoms with Gasteiger partial charge in [-0.25, -0.2) is 9.78 Å². The Bertz CT molecular complexity index is 583. The number of halogens is 3. The molecule has 0 atom stereocenters. The number of carbonyl (C=O) groups excluding carboxylic acids is 1. The van der Waals surface area contributed by atoms with Crippen LogP contribution in [-0.4, -0.2) is 11.1 Å². The molecule has 4 nitrogen and oxygen atoms in total. The van der Waals surface area contributed by atoms with E-state index < -0.39 is 18.0 Å². The predicted molar refractivity (Wildman–Crippen MR) is 65.3 cm³/mol. The summed E-state index contributed by atoms with van der Waals surface area (Å²) < 4.78 is 41.7. The molecule has 1 amide bonds. The van der Waals surface area contributed by atoms with E-state index in [0.717, 1.165) is 18.3 Å². The van der Waals surface area contributed by atoms with Gasteiger partial charge in [-0.15, -0.1) is 0 Å². The maximum absolute atomic E-state index is 12.3. The summed E-state index contributed by atoms with van der Waals surface area (Å²) >= 11 is 0. The largest absolute Gasteiger partial charge is 0.433 e. The minimum absolute atomic E-state index is 0.0774. The molecule has 0 unspecified atom stereocenters. The first-order valence-electron chi connectivity index (χ1n) is 5.52. The van der Waals surface area contributed by atoms with E-state index in [2.05, 4.69) is 10.3 Å². The molecule has 1 heterocycles. The number of benzene rings is 1. The molecular formula is C13H9F3N2O2. The minimum Gasteiger partial charge on any atom is -0.408 e. The highest BCUT2D eigenvalue weighted by Crippen LogP contribution is 2.28. The van der Waals surface area contributed by atoms with Gasteiger partial charge in [0.05, 0.1) is 6.20 Å². The lowest BCUT2D eigenvalue weighted by Gasteiger charge is -2.08. The minimum atomic E-state index is -4.52. The molecular weight excluding hydrogens is 273 g/mol. The first-order valence-corrected chi connectivity index (χ1v) is 5.52. The summed E-state index contributed by atoms with van der Waals surface area (Å²) in [5, 5.41) is 2.42. The molecule has 104 valence electrons. The maximum atomic E-state index is 12.3. The number of hydrogen-bond acceptors (Lipinski definition) is 3. The van der Waals surface area contributed by atoms with Gasteiger partial charge in [0, 0.05) is 5.69 Å². The monoisotopic (exact) mass is 282 g/mol. The summed E-state index contributed by atoms with van der Waals surface area (Å²) in [7, 11) is 0. The number of alkyl halides is 3. The zero-order valence-corrected chi connectivity index (χ0v) is 10.0. The van der Waals surface area contributed by atoms with E-state index in [1.54, 1.807) is 30.3 Å². The normalized spacial score (nSPS) is 10.9. The summed E-state index contributed by atoms with van der Waals surface area (Å²) in [6.07, 6.45) is -4.49.